The molecule has 0 aliphatic heterocycles. The quantitative estimate of drug-likeness (QED) is 0.867. The van der Waals surface area contributed by atoms with Crippen LogP contribution in [0.25, 0.3) is 0 Å². The summed E-state index contributed by atoms with van der Waals surface area (Å²) in [5.74, 6) is -0.957. The Hall–Kier alpha value is -1.94. The van der Waals surface area contributed by atoms with Crippen LogP contribution in [0.15, 0.2) is 42.5 Å². The smallest absolute Gasteiger partial charge is 0.159 e. The van der Waals surface area contributed by atoms with Gasteiger partial charge in [0.2, 0.25) is 0 Å². The first kappa shape index (κ1) is 15.4. The van der Waals surface area contributed by atoms with E-state index in [1.165, 1.54) is 6.07 Å². The molecule has 4 heteroatoms. The van der Waals surface area contributed by atoms with Gasteiger partial charge in [-0.25, -0.2) is 8.78 Å². The fraction of sp³-hybridized carbons (Fsp3) is 0.294. The number of para-hydroxylation sites is 1. The first-order chi connectivity index (χ1) is 10.1. The Morgan fingerprint density at radius 1 is 1.05 bits per heavy atom. The van der Waals surface area contributed by atoms with Gasteiger partial charge in [0, 0.05) is 18.2 Å². The lowest BCUT2D eigenvalue weighted by Gasteiger charge is -2.13. The number of hydrogen-bond acceptors (Lipinski definition) is 2. The van der Waals surface area contributed by atoms with Crippen molar-refractivity contribution in [3.8, 4) is 5.75 Å². The van der Waals surface area contributed by atoms with Gasteiger partial charge in [-0.2, -0.15) is 0 Å². The Bertz CT molecular complexity index is 599. The first-order valence-corrected chi connectivity index (χ1v) is 6.94. The third-order valence-corrected chi connectivity index (χ3v) is 3.05. The second kappa shape index (κ2) is 7.18. The van der Waals surface area contributed by atoms with Crippen LogP contribution in [-0.2, 0) is 13.2 Å². The van der Waals surface area contributed by atoms with Gasteiger partial charge in [-0.05, 0) is 23.8 Å². The van der Waals surface area contributed by atoms with Crippen LogP contribution in [0.1, 0.15) is 25.0 Å². The van der Waals surface area contributed by atoms with E-state index in [9.17, 15) is 8.78 Å². The molecule has 1 N–H and O–H groups in total. The Balaban J connectivity index is 2.03. The predicted octanol–water partition coefficient (Wildman–Crippen LogP) is 4.04. The van der Waals surface area contributed by atoms with Crippen LogP contribution < -0.4 is 10.1 Å². The highest BCUT2D eigenvalue weighted by atomic mass is 19.2. The highest BCUT2D eigenvalue weighted by Crippen LogP contribution is 2.20. The monoisotopic (exact) mass is 291 g/mol. The van der Waals surface area contributed by atoms with Crippen molar-refractivity contribution >= 4 is 0 Å². The number of ether oxygens (including phenoxy) is 1. The van der Waals surface area contributed by atoms with Crippen molar-refractivity contribution in [2.24, 2.45) is 0 Å². The van der Waals surface area contributed by atoms with E-state index in [0.717, 1.165) is 23.4 Å². The zero-order chi connectivity index (χ0) is 15.2. The topological polar surface area (TPSA) is 21.3 Å². The predicted molar refractivity (Wildman–Crippen MR) is 79.1 cm³/mol. The number of halogens is 2. The van der Waals surface area contributed by atoms with Gasteiger partial charge >= 0.3 is 0 Å². The Labute approximate surface area is 123 Å². The van der Waals surface area contributed by atoms with Gasteiger partial charge in [0.1, 0.15) is 12.4 Å². The van der Waals surface area contributed by atoms with Crippen molar-refractivity contribution in [2.75, 3.05) is 0 Å². The molecule has 0 heterocycles. The lowest BCUT2D eigenvalue weighted by molar-refractivity contribution is 0.300. The molecule has 0 amide bonds. The molecule has 0 aromatic heterocycles. The molecule has 21 heavy (non-hydrogen) atoms. The highest BCUT2D eigenvalue weighted by molar-refractivity contribution is 5.33. The fourth-order valence-corrected chi connectivity index (χ4v) is 1.90. The van der Waals surface area contributed by atoms with Crippen LogP contribution >= 0.6 is 0 Å². The molecule has 0 fully saturated rings. The maximum absolute atomic E-state index is 13.2. The third-order valence-electron chi connectivity index (χ3n) is 3.05. The third kappa shape index (κ3) is 4.53. The van der Waals surface area contributed by atoms with Gasteiger partial charge in [-0.3, -0.25) is 0 Å². The van der Waals surface area contributed by atoms with Crippen LogP contribution in [0.4, 0.5) is 8.78 Å². The molecule has 0 radical (unpaired) electrons. The normalized spacial score (nSPS) is 10.9. The van der Waals surface area contributed by atoms with E-state index in [1.807, 2.05) is 24.3 Å². The van der Waals surface area contributed by atoms with E-state index in [1.54, 1.807) is 0 Å². The van der Waals surface area contributed by atoms with Gasteiger partial charge in [0.25, 0.3) is 0 Å². The highest BCUT2D eigenvalue weighted by Gasteiger charge is 2.06. The Kier molecular flexibility index (Phi) is 5.28. The van der Waals surface area contributed by atoms with Gasteiger partial charge in [-0.15, -0.1) is 0 Å². The molecule has 0 bridgehead atoms. The SMILES string of the molecule is CC(C)NCc1ccccc1OCc1ccc(F)c(F)c1. The maximum atomic E-state index is 13.2. The fourth-order valence-electron chi connectivity index (χ4n) is 1.90. The van der Waals surface area contributed by atoms with Gasteiger partial charge in [0.15, 0.2) is 11.6 Å². The van der Waals surface area contributed by atoms with E-state index in [2.05, 4.69) is 19.2 Å². The maximum Gasteiger partial charge on any atom is 0.159 e. The second-order valence-electron chi connectivity index (χ2n) is 5.18. The molecular weight excluding hydrogens is 272 g/mol. The average molecular weight is 291 g/mol. The minimum Gasteiger partial charge on any atom is -0.489 e. The summed E-state index contributed by atoms with van der Waals surface area (Å²) in [5.41, 5.74) is 1.63. The Morgan fingerprint density at radius 2 is 1.81 bits per heavy atom. The lowest BCUT2D eigenvalue weighted by Crippen LogP contribution is -2.22. The van der Waals surface area contributed by atoms with Gasteiger partial charge < -0.3 is 10.1 Å². The Morgan fingerprint density at radius 3 is 2.52 bits per heavy atom. The average Bonchev–Trinajstić information content (AvgIpc) is 2.47. The number of hydrogen-bond donors (Lipinski definition) is 1. The summed E-state index contributed by atoms with van der Waals surface area (Å²) in [7, 11) is 0. The molecule has 0 aliphatic carbocycles. The van der Waals surface area contributed by atoms with Crippen molar-refractivity contribution in [3.63, 3.8) is 0 Å². The summed E-state index contributed by atoms with van der Waals surface area (Å²) in [6.07, 6.45) is 0. The molecule has 0 unspecified atom stereocenters. The molecule has 2 nitrogen and oxygen atoms in total. The summed E-state index contributed by atoms with van der Waals surface area (Å²) >= 11 is 0. The molecule has 0 atom stereocenters. The summed E-state index contributed by atoms with van der Waals surface area (Å²) in [6.45, 7) is 5.05. The molecule has 0 spiro atoms. The molecule has 0 saturated carbocycles. The number of rotatable bonds is 6. The largest absolute Gasteiger partial charge is 0.489 e. The van der Waals surface area contributed by atoms with E-state index in [4.69, 9.17) is 4.74 Å². The summed E-state index contributed by atoms with van der Waals surface area (Å²) < 4.78 is 31.8. The minimum absolute atomic E-state index is 0.204. The zero-order valence-electron chi connectivity index (χ0n) is 12.2. The minimum atomic E-state index is -0.856. The van der Waals surface area contributed by atoms with Gasteiger partial charge in [-0.1, -0.05) is 38.1 Å². The van der Waals surface area contributed by atoms with Crippen LogP contribution in [0.3, 0.4) is 0 Å². The van der Waals surface area contributed by atoms with Crippen LogP contribution in [0.2, 0.25) is 0 Å². The van der Waals surface area contributed by atoms with E-state index in [-0.39, 0.29) is 6.61 Å². The number of nitrogens with one attached hydrogen (secondary N) is 1. The zero-order valence-corrected chi connectivity index (χ0v) is 12.2. The van der Waals surface area contributed by atoms with Crippen molar-refractivity contribution in [2.45, 2.75) is 33.0 Å². The van der Waals surface area contributed by atoms with Gasteiger partial charge in [0.05, 0.1) is 0 Å². The van der Waals surface area contributed by atoms with Crippen molar-refractivity contribution < 1.29 is 13.5 Å². The molecule has 112 valence electrons. The summed E-state index contributed by atoms with van der Waals surface area (Å²) in [5, 5.41) is 3.33. The lowest BCUT2D eigenvalue weighted by atomic mass is 10.2. The molecule has 0 saturated heterocycles. The van der Waals surface area contributed by atoms with Crippen LogP contribution in [-0.4, -0.2) is 6.04 Å². The van der Waals surface area contributed by atoms with E-state index < -0.39 is 11.6 Å². The molecule has 2 aromatic rings. The van der Waals surface area contributed by atoms with Crippen molar-refractivity contribution in [1.29, 1.82) is 0 Å². The molecule has 2 rings (SSSR count). The summed E-state index contributed by atoms with van der Waals surface area (Å²) in [4.78, 5) is 0. The first-order valence-electron chi connectivity index (χ1n) is 6.94. The summed E-state index contributed by atoms with van der Waals surface area (Å²) in [6, 6.07) is 11.9. The molecule has 2 aromatic carbocycles. The van der Waals surface area contributed by atoms with Crippen LogP contribution in [0, 0.1) is 11.6 Å². The van der Waals surface area contributed by atoms with E-state index >= 15 is 0 Å². The molecule has 0 aliphatic rings. The standard InChI is InChI=1S/C17H19F2NO/c1-12(2)20-10-14-5-3-4-6-17(14)21-11-13-7-8-15(18)16(19)9-13/h3-9,12,20H,10-11H2,1-2H3. The second-order valence-corrected chi connectivity index (χ2v) is 5.18. The molecular formula is C17H19F2NO. The number of benzene rings is 2. The van der Waals surface area contributed by atoms with Crippen molar-refractivity contribution in [1.82, 2.24) is 5.32 Å². The van der Waals surface area contributed by atoms with E-state index in [0.29, 0.717) is 18.2 Å². The van der Waals surface area contributed by atoms with Crippen LogP contribution in [0.5, 0.6) is 5.75 Å². The van der Waals surface area contributed by atoms with Crippen molar-refractivity contribution in [3.05, 3.63) is 65.2 Å².